The fourth-order valence-electron chi connectivity index (χ4n) is 1.80. The van der Waals surface area contributed by atoms with E-state index in [1.54, 1.807) is 6.26 Å². The van der Waals surface area contributed by atoms with Gasteiger partial charge >= 0.3 is 0 Å². The van der Waals surface area contributed by atoms with E-state index in [0.717, 1.165) is 23.7 Å². The lowest BCUT2D eigenvalue weighted by Gasteiger charge is -2.17. The van der Waals surface area contributed by atoms with E-state index in [0.29, 0.717) is 0 Å². The van der Waals surface area contributed by atoms with E-state index < -0.39 is 0 Å². The predicted molar refractivity (Wildman–Crippen MR) is 73.9 cm³/mol. The first-order valence-corrected chi connectivity index (χ1v) is 6.14. The number of pyridine rings is 1. The summed E-state index contributed by atoms with van der Waals surface area (Å²) in [5, 5.41) is 3.42. The van der Waals surface area contributed by atoms with Gasteiger partial charge in [-0.3, -0.25) is 0 Å². The van der Waals surface area contributed by atoms with Crippen molar-refractivity contribution in [2.75, 3.05) is 24.3 Å². The molecule has 2 aromatic rings. The van der Waals surface area contributed by atoms with Crippen LogP contribution in [0.3, 0.4) is 0 Å². The lowest BCUT2D eigenvalue weighted by Crippen LogP contribution is -2.12. The number of rotatable bonds is 5. The molecular weight excluding hydrogens is 226 g/mol. The third-order valence-electron chi connectivity index (χ3n) is 2.84. The zero-order chi connectivity index (χ0) is 13.0. The van der Waals surface area contributed by atoms with E-state index in [9.17, 15) is 0 Å². The van der Waals surface area contributed by atoms with Gasteiger partial charge in [0.25, 0.3) is 0 Å². The third kappa shape index (κ3) is 2.83. The summed E-state index contributed by atoms with van der Waals surface area (Å²) in [6.07, 6.45) is 4.51. The van der Waals surface area contributed by atoms with Crippen LogP contribution in [-0.4, -0.2) is 19.1 Å². The molecule has 2 heterocycles. The number of aromatic nitrogens is 1. The molecule has 96 valence electrons. The summed E-state index contributed by atoms with van der Waals surface area (Å²) in [7, 11) is 3.96. The molecule has 0 aliphatic carbocycles. The van der Waals surface area contributed by atoms with Crippen LogP contribution in [0.5, 0.6) is 0 Å². The number of hydrogen-bond acceptors (Lipinski definition) is 4. The van der Waals surface area contributed by atoms with Crippen LogP contribution >= 0.6 is 0 Å². The molecule has 0 saturated carbocycles. The molecule has 1 N–H and O–H groups in total. The highest BCUT2D eigenvalue weighted by molar-refractivity contribution is 5.48. The number of anilines is 2. The molecule has 0 aliphatic rings. The molecule has 0 saturated heterocycles. The van der Waals surface area contributed by atoms with Crippen molar-refractivity contribution in [2.24, 2.45) is 0 Å². The highest BCUT2D eigenvalue weighted by Crippen LogP contribution is 2.23. The summed E-state index contributed by atoms with van der Waals surface area (Å²) < 4.78 is 5.43. The molecule has 0 bridgehead atoms. The minimum Gasteiger partial charge on any atom is -0.467 e. The monoisotopic (exact) mass is 245 g/mol. The molecule has 2 aromatic heterocycles. The molecule has 1 unspecified atom stereocenters. The number of hydrogen-bond donors (Lipinski definition) is 1. The van der Waals surface area contributed by atoms with Gasteiger partial charge in [0, 0.05) is 14.1 Å². The van der Waals surface area contributed by atoms with Crippen LogP contribution < -0.4 is 10.2 Å². The molecule has 4 heteroatoms. The van der Waals surface area contributed by atoms with Crippen LogP contribution in [0.25, 0.3) is 0 Å². The first-order valence-electron chi connectivity index (χ1n) is 6.14. The van der Waals surface area contributed by atoms with Crippen molar-refractivity contribution in [3.8, 4) is 0 Å². The van der Waals surface area contributed by atoms with Gasteiger partial charge in [0.2, 0.25) is 0 Å². The summed E-state index contributed by atoms with van der Waals surface area (Å²) in [5.41, 5.74) is 1.00. The molecule has 0 aromatic carbocycles. The van der Waals surface area contributed by atoms with Gasteiger partial charge in [0.05, 0.1) is 24.2 Å². The van der Waals surface area contributed by atoms with Crippen LogP contribution in [0.15, 0.2) is 41.1 Å². The number of nitrogens with zero attached hydrogens (tertiary/aromatic N) is 2. The molecule has 0 aliphatic heterocycles. The highest BCUT2D eigenvalue weighted by Gasteiger charge is 2.11. The van der Waals surface area contributed by atoms with E-state index in [2.05, 4.69) is 17.2 Å². The van der Waals surface area contributed by atoms with Crippen molar-refractivity contribution in [1.82, 2.24) is 4.98 Å². The Bertz CT molecular complexity index is 462. The lowest BCUT2D eigenvalue weighted by molar-refractivity contribution is 0.474. The van der Waals surface area contributed by atoms with Gasteiger partial charge in [-0.15, -0.1) is 0 Å². The third-order valence-corrected chi connectivity index (χ3v) is 2.84. The largest absolute Gasteiger partial charge is 0.467 e. The van der Waals surface area contributed by atoms with Crippen LogP contribution in [0.1, 0.15) is 25.1 Å². The normalized spacial score (nSPS) is 12.2. The molecule has 0 amide bonds. The summed E-state index contributed by atoms with van der Waals surface area (Å²) >= 11 is 0. The Morgan fingerprint density at radius 3 is 2.67 bits per heavy atom. The molecule has 4 nitrogen and oxygen atoms in total. The molecule has 0 radical (unpaired) electrons. The Morgan fingerprint density at radius 1 is 1.33 bits per heavy atom. The topological polar surface area (TPSA) is 41.3 Å². The average Bonchev–Trinajstić information content (AvgIpc) is 2.90. The quantitative estimate of drug-likeness (QED) is 0.877. The van der Waals surface area contributed by atoms with E-state index in [-0.39, 0.29) is 6.04 Å². The smallest absolute Gasteiger partial charge is 0.128 e. The SMILES string of the molecule is CCC(Nc1ccc(N(C)C)nc1)c1ccco1. The second-order valence-corrected chi connectivity index (χ2v) is 4.42. The zero-order valence-electron chi connectivity index (χ0n) is 11.1. The summed E-state index contributed by atoms with van der Waals surface area (Å²) in [6.45, 7) is 2.13. The first kappa shape index (κ1) is 12.5. The van der Waals surface area contributed by atoms with E-state index >= 15 is 0 Å². The predicted octanol–water partition coefficient (Wildman–Crippen LogP) is 3.30. The van der Waals surface area contributed by atoms with Crippen molar-refractivity contribution in [3.05, 3.63) is 42.5 Å². The molecule has 2 rings (SSSR count). The van der Waals surface area contributed by atoms with Crippen molar-refractivity contribution in [2.45, 2.75) is 19.4 Å². The van der Waals surface area contributed by atoms with E-state index in [1.807, 2.05) is 49.5 Å². The fourth-order valence-corrected chi connectivity index (χ4v) is 1.80. The fraction of sp³-hybridized carbons (Fsp3) is 0.357. The Hall–Kier alpha value is -1.97. The van der Waals surface area contributed by atoms with Gasteiger partial charge in [-0.1, -0.05) is 6.92 Å². The highest BCUT2D eigenvalue weighted by atomic mass is 16.3. The van der Waals surface area contributed by atoms with Crippen molar-refractivity contribution >= 4 is 11.5 Å². The van der Waals surface area contributed by atoms with Gasteiger partial charge in [-0.05, 0) is 30.7 Å². The lowest BCUT2D eigenvalue weighted by atomic mass is 10.1. The van der Waals surface area contributed by atoms with E-state index in [1.165, 1.54) is 0 Å². The minimum absolute atomic E-state index is 0.187. The maximum Gasteiger partial charge on any atom is 0.128 e. The van der Waals surface area contributed by atoms with Crippen LogP contribution in [-0.2, 0) is 0 Å². The Labute approximate surface area is 108 Å². The van der Waals surface area contributed by atoms with Crippen LogP contribution in [0, 0.1) is 0 Å². The Morgan fingerprint density at radius 2 is 2.17 bits per heavy atom. The minimum atomic E-state index is 0.187. The standard InChI is InChI=1S/C14H19N3O/c1-4-12(13-6-5-9-18-13)16-11-7-8-14(15-10-11)17(2)3/h5-10,12,16H,4H2,1-3H3. The summed E-state index contributed by atoms with van der Waals surface area (Å²) in [5.74, 6) is 1.90. The van der Waals surface area contributed by atoms with Gasteiger partial charge in [-0.25, -0.2) is 4.98 Å². The summed E-state index contributed by atoms with van der Waals surface area (Å²) in [6, 6.07) is 8.12. The zero-order valence-corrected chi connectivity index (χ0v) is 11.1. The van der Waals surface area contributed by atoms with Crippen molar-refractivity contribution in [3.63, 3.8) is 0 Å². The van der Waals surface area contributed by atoms with Gasteiger partial charge in [0.1, 0.15) is 11.6 Å². The summed E-state index contributed by atoms with van der Waals surface area (Å²) in [4.78, 5) is 6.36. The molecule has 0 spiro atoms. The van der Waals surface area contributed by atoms with Crippen molar-refractivity contribution in [1.29, 1.82) is 0 Å². The Kier molecular flexibility index (Phi) is 3.87. The second-order valence-electron chi connectivity index (χ2n) is 4.42. The molecule has 18 heavy (non-hydrogen) atoms. The van der Waals surface area contributed by atoms with E-state index in [4.69, 9.17) is 4.42 Å². The molecular formula is C14H19N3O. The Balaban J connectivity index is 2.08. The van der Waals surface area contributed by atoms with Gasteiger partial charge in [-0.2, -0.15) is 0 Å². The first-order chi connectivity index (χ1) is 8.70. The van der Waals surface area contributed by atoms with Gasteiger partial charge < -0.3 is 14.6 Å². The molecule has 0 fully saturated rings. The van der Waals surface area contributed by atoms with Gasteiger partial charge in [0.15, 0.2) is 0 Å². The van der Waals surface area contributed by atoms with Crippen LogP contribution in [0.2, 0.25) is 0 Å². The second kappa shape index (κ2) is 5.58. The number of furan rings is 1. The maximum absolute atomic E-state index is 5.43. The maximum atomic E-state index is 5.43. The van der Waals surface area contributed by atoms with Crippen LogP contribution in [0.4, 0.5) is 11.5 Å². The average molecular weight is 245 g/mol. The molecule has 1 atom stereocenters. The van der Waals surface area contributed by atoms with Crippen molar-refractivity contribution < 1.29 is 4.42 Å². The number of nitrogens with one attached hydrogen (secondary N) is 1.